The van der Waals surface area contributed by atoms with Crippen LogP contribution < -0.4 is 5.73 Å². The van der Waals surface area contributed by atoms with Crippen molar-refractivity contribution in [1.82, 2.24) is 0 Å². The Bertz CT molecular complexity index is 1530. The Kier molecular flexibility index (Phi) is 7.85. The zero-order valence-corrected chi connectivity index (χ0v) is 26.6. The van der Waals surface area contributed by atoms with Crippen molar-refractivity contribution in [2.75, 3.05) is 5.73 Å². The third kappa shape index (κ3) is 5.51. The van der Waals surface area contributed by atoms with Gasteiger partial charge in [-0.25, -0.2) is 0 Å². The van der Waals surface area contributed by atoms with E-state index in [9.17, 15) is 10.2 Å². The maximum absolute atomic E-state index is 13.1. The summed E-state index contributed by atoms with van der Waals surface area (Å²) in [6.45, 7) is 16.3. The van der Waals surface area contributed by atoms with Gasteiger partial charge >= 0.3 is 0 Å². The van der Waals surface area contributed by atoms with Gasteiger partial charge < -0.3 is 15.9 Å². The van der Waals surface area contributed by atoms with Gasteiger partial charge in [0.05, 0.1) is 0 Å². The molecule has 0 aliphatic carbocycles. The average Bonchev–Trinajstić information content (AvgIpc) is 2.90. The number of hydrogen-bond donors (Lipinski definition) is 3. The quantitative estimate of drug-likeness (QED) is 0.142. The molecule has 0 aliphatic rings. The van der Waals surface area contributed by atoms with E-state index in [0.717, 1.165) is 66.8 Å². The molecule has 3 heteroatoms. The molecule has 5 aromatic rings. The highest BCUT2D eigenvalue weighted by Gasteiger charge is 2.41. The molecular formula is C40H43NO2. The van der Waals surface area contributed by atoms with Crippen LogP contribution in [0.15, 0.2) is 91.0 Å². The van der Waals surface area contributed by atoms with Gasteiger partial charge in [-0.1, -0.05) is 136 Å². The molecule has 0 fully saturated rings. The lowest BCUT2D eigenvalue weighted by Crippen LogP contribution is -2.34. The Morgan fingerprint density at radius 3 is 0.814 bits per heavy atom. The van der Waals surface area contributed by atoms with Crippen LogP contribution in [0.2, 0.25) is 0 Å². The molecule has 0 radical (unpaired) electrons. The topological polar surface area (TPSA) is 66.5 Å². The van der Waals surface area contributed by atoms with Crippen LogP contribution in [0.1, 0.15) is 77.9 Å². The minimum absolute atomic E-state index is 0.351. The van der Waals surface area contributed by atoms with Crippen molar-refractivity contribution >= 4 is 5.69 Å². The van der Waals surface area contributed by atoms with Crippen molar-refractivity contribution < 1.29 is 10.2 Å². The summed E-state index contributed by atoms with van der Waals surface area (Å²) in [5.41, 5.74) is 16.8. The van der Waals surface area contributed by atoms with Crippen molar-refractivity contribution in [1.29, 1.82) is 0 Å². The van der Waals surface area contributed by atoms with Gasteiger partial charge in [-0.3, -0.25) is 0 Å². The monoisotopic (exact) mass is 569 g/mol. The molecular weight excluding hydrogens is 526 g/mol. The summed E-state index contributed by atoms with van der Waals surface area (Å²) in [7, 11) is 0. The predicted octanol–water partition coefficient (Wildman–Crippen LogP) is 8.30. The number of aliphatic hydroxyl groups is 2. The van der Waals surface area contributed by atoms with E-state index >= 15 is 0 Å². The van der Waals surface area contributed by atoms with Crippen LogP contribution in [0, 0.1) is 55.4 Å². The lowest BCUT2D eigenvalue weighted by Gasteiger charge is -2.36. The Morgan fingerprint density at radius 2 is 0.605 bits per heavy atom. The summed E-state index contributed by atoms with van der Waals surface area (Å²) in [5.74, 6) is 0. The average molecular weight is 570 g/mol. The SMILES string of the molecule is Cc1cc(C)cc(C(O)(c2cc(C)cc(C)c2)c2cccc(C(O)(c3cc(C)cc(C)c3)c3cc(C)cc(C)c3)c2N)c1. The third-order valence-corrected chi connectivity index (χ3v) is 8.44. The van der Waals surface area contributed by atoms with E-state index in [-0.39, 0.29) is 0 Å². The number of nitrogen functional groups attached to an aromatic ring is 1. The molecule has 0 amide bonds. The first-order chi connectivity index (χ1) is 20.2. The molecule has 0 bridgehead atoms. The molecule has 0 saturated carbocycles. The largest absolute Gasteiger partial charge is 0.398 e. The standard InChI is InChI=1S/C40H43NO2/c1-24-12-25(2)17-32(16-24)39(42,33-18-26(3)13-27(4)19-33)36-10-9-11-37(38(36)41)40(43,34-20-28(5)14-29(6)21-34)35-22-30(7)15-31(8)23-35/h9-23,42-43H,41H2,1-8H3. The fraction of sp³-hybridized carbons (Fsp3) is 0.250. The number of nitrogens with two attached hydrogens (primary N) is 1. The number of benzene rings is 5. The molecule has 0 atom stereocenters. The van der Waals surface area contributed by atoms with Crippen molar-refractivity contribution in [2.45, 2.75) is 66.6 Å². The highest BCUT2D eigenvalue weighted by Crippen LogP contribution is 2.47. The summed E-state index contributed by atoms with van der Waals surface area (Å²) < 4.78 is 0. The highest BCUT2D eigenvalue weighted by atomic mass is 16.3. The van der Waals surface area contributed by atoms with Gasteiger partial charge in [0.25, 0.3) is 0 Å². The van der Waals surface area contributed by atoms with Crippen LogP contribution in [-0.2, 0) is 11.2 Å². The zero-order valence-electron chi connectivity index (χ0n) is 26.6. The van der Waals surface area contributed by atoms with Gasteiger partial charge in [-0.15, -0.1) is 0 Å². The van der Waals surface area contributed by atoms with Crippen LogP contribution in [0.4, 0.5) is 5.69 Å². The Labute approximate surface area is 256 Å². The number of aryl methyl sites for hydroxylation is 8. The molecule has 3 nitrogen and oxygen atoms in total. The summed E-state index contributed by atoms with van der Waals surface area (Å²) in [4.78, 5) is 0. The molecule has 0 unspecified atom stereocenters. The molecule has 0 saturated heterocycles. The van der Waals surface area contributed by atoms with Crippen LogP contribution in [0.5, 0.6) is 0 Å². The molecule has 5 aromatic carbocycles. The number of hydrogen-bond acceptors (Lipinski definition) is 3. The molecule has 0 spiro atoms. The van der Waals surface area contributed by atoms with E-state index in [4.69, 9.17) is 5.73 Å². The minimum Gasteiger partial charge on any atom is -0.398 e. The van der Waals surface area contributed by atoms with Gasteiger partial charge in [-0.2, -0.15) is 0 Å². The van der Waals surface area contributed by atoms with Crippen molar-refractivity contribution in [2.24, 2.45) is 0 Å². The first-order valence-corrected chi connectivity index (χ1v) is 14.9. The normalized spacial score (nSPS) is 12.0. The van der Waals surface area contributed by atoms with Crippen LogP contribution in [0.3, 0.4) is 0 Å². The smallest absolute Gasteiger partial charge is 0.142 e. The molecule has 0 aromatic heterocycles. The van der Waals surface area contributed by atoms with Crippen molar-refractivity contribution in [3.8, 4) is 0 Å². The van der Waals surface area contributed by atoms with Gasteiger partial charge in [0.15, 0.2) is 0 Å². The number of para-hydroxylation sites is 1. The lowest BCUT2D eigenvalue weighted by atomic mass is 9.73. The van der Waals surface area contributed by atoms with Gasteiger partial charge in [0, 0.05) is 16.8 Å². The summed E-state index contributed by atoms with van der Waals surface area (Å²) in [6, 6.07) is 30.3. The molecule has 5 rings (SSSR count). The predicted molar refractivity (Wildman–Crippen MR) is 179 cm³/mol. The first kappa shape index (κ1) is 30.3. The van der Waals surface area contributed by atoms with Crippen LogP contribution in [-0.4, -0.2) is 10.2 Å². The maximum atomic E-state index is 13.1. The van der Waals surface area contributed by atoms with E-state index in [1.54, 1.807) is 0 Å². The van der Waals surface area contributed by atoms with E-state index in [1.807, 2.05) is 122 Å². The molecule has 4 N–H and O–H groups in total. The molecule has 43 heavy (non-hydrogen) atoms. The third-order valence-electron chi connectivity index (χ3n) is 8.44. The highest BCUT2D eigenvalue weighted by molar-refractivity contribution is 5.68. The van der Waals surface area contributed by atoms with Crippen molar-refractivity contribution in [3.05, 3.63) is 169 Å². The van der Waals surface area contributed by atoms with Crippen molar-refractivity contribution in [3.63, 3.8) is 0 Å². The summed E-state index contributed by atoms with van der Waals surface area (Å²) >= 11 is 0. The van der Waals surface area contributed by atoms with E-state index in [2.05, 4.69) is 24.3 Å². The molecule has 220 valence electrons. The van der Waals surface area contributed by atoms with Gasteiger partial charge in [-0.05, 0) is 77.6 Å². The van der Waals surface area contributed by atoms with Gasteiger partial charge in [0.2, 0.25) is 0 Å². The molecule has 0 heterocycles. The fourth-order valence-corrected chi connectivity index (χ4v) is 6.89. The van der Waals surface area contributed by atoms with Crippen LogP contribution >= 0.6 is 0 Å². The first-order valence-electron chi connectivity index (χ1n) is 14.9. The second-order valence-corrected chi connectivity index (χ2v) is 12.7. The second-order valence-electron chi connectivity index (χ2n) is 12.7. The van der Waals surface area contributed by atoms with E-state index < -0.39 is 11.2 Å². The maximum Gasteiger partial charge on any atom is 0.142 e. The second kappa shape index (κ2) is 11.1. The van der Waals surface area contributed by atoms with E-state index in [0.29, 0.717) is 16.8 Å². The fourth-order valence-electron chi connectivity index (χ4n) is 6.89. The Morgan fingerprint density at radius 1 is 0.395 bits per heavy atom. The van der Waals surface area contributed by atoms with E-state index in [1.165, 1.54) is 0 Å². The summed E-state index contributed by atoms with van der Waals surface area (Å²) in [6.07, 6.45) is 0. The van der Waals surface area contributed by atoms with Crippen LogP contribution in [0.25, 0.3) is 0 Å². The Hall–Kier alpha value is -4.18. The molecule has 0 aliphatic heterocycles. The Balaban J connectivity index is 1.89. The number of anilines is 1. The number of rotatable bonds is 6. The lowest BCUT2D eigenvalue weighted by molar-refractivity contribution is 0.120. The summed E-state index contributed by atoms with van der Waals surface area (Å²) in [5, 5.41) is 26.1. The zero-order chi connectivity index (χ0) is 31.3. The minimum atomic E-state index is -1.57. The van der Waals surface area contributed by atoms with Gasteiger partial charge in [0.1, 0.15) is 11.2 Å².